The molecule has 0 aromatic heterocycles. The maximum atomic E-state index is 10.3. The molecule has 3 nitrogen and oxygen atoms in total. The first-order valence-electron chi connectivity index (χ1n) is 7.92. The van der Waals surface area contributed by atoms with Crippen molar-refractivity contribution in [2.75, 3.05) is 24.5 Å². The van der Waals surface area contributed by atoms with Crippen LogP contribution in [0.4, 0.5) is 5.69 Å². The zero-order valence-electron chi connectivity index (χ0n) is 12.6. The number of hydrogen-bond donors (Lipinski definition) is 2. The predicted octanol–water partition coefficient (Wildman–Crippen LogP) is 2.78. The largest absolute Gasteiger partial charge is 0.390 e. The number of likely N-dealkylation sites (N-methyl/N-ethyl adjacent to an activating group) is 1. The van der Waals surface area contributed by atoms with Gasteiger partial charge in [0.25, 0.3) is 0 Å². The molecule has 0 amide bonds. The van der Waals surface area contributed by atoms with Crippen molar-refractivity contribution in [1.82, 2.24) is 5.32 Å². The lowest BCUT2D eigenvalue weighted by Crippen LogP contribution is -2.39. The highest BCUT2D eigenvalue weighted by Gasteiger charge is 2.22. The van der Waals surface area contributed by atoms with Crippen molar-refractivity contribution in [3.05, 3.63) is 42.5 Å². The van der Waals surface area contributed by atoms with E-state index in [-0.39, 0.29) is 6.10 Å². The standard InChI is InChI=1S/C18H24N2O/c1-2-20(13-16(21)12-19-15-10-11-15)18-9-5-7-14-6-3-4-8-17(14)18/h3-9,15-16,19,21H,2,10-13H2,1H3. The molecule has 21 heavy (non-hydrogen) atoms. The summed E-state index contributed by atoms with van der Waals surface area (Å²) in [7, 11) is 0. The summed E-state index contributed by atoms with van der Waals surface area (Å²) in [6.45, 7) is 4.40. The highest BCUT2D eigenvalue weighted by molar-refractivity contribution is 5.94. The van der Waals surface area contributed by atoms with Crippen LogP contribution >= 0.6 is 0 Å². The molecule has 2 aromatic rings. The van der Waals surface area contributed by atoms with Gasteiger partial charge in [-0.25, -0.2) is 0 Å². The van der Waals surface area contributed by atoms with Crippen LogP contribution in [0.3, 0.4) is 0 Å². The van der Waals surface area contributed by atoms with E-state index >= 15 is 0 Å². The minimum atomic E-state index is -0.329. The molecule has 2 N–H and O–H groups in total. The molecular formula is C18H24N2O. The van der Waals surface area contributed by atoms with Gasteiger partial charge in [-0.05, 0) is 31.2 Å². The third-order valence-electron chi connectivity index (χ3n) is 4.14. The zero-order valence-corrected chi connectivity index (χ0v) is 12.6. The average Bonchev–Trinajstić information content (AvgIpc) is 3.34. The molecule has 3 rings (SSSR count). The Balaban J connectivity index is 1.74. The van der Waals surface area contributed by atoms with Gasteiger partial charge in [0, 0.05) is 36.7 Å². The fourth-order valence-electron chi connectivity index (χ4n) is 2.79. The normalized spacial score (nSPS) is 16.1. The van der Waals surface area contributed by atoms with Crippen molar-refractivity contribution in [2.24, 2.45) is 0 Å². The van der Waals surface area contributed by atoms with E-state index in [1.165, 1.54) is 29.3 Å². The van der Waals surface area contributed by atoms with Crippen LogP contribution in [0.25, 0.3) is 10.8 Å². The molecule has 0 aliphatic heterocycles. The van der Waals surface area contributed by atoms with E-state index in [4.69, 9.17) is 0 Å². The van der Waals surface area contributed by atoms with Crippen molar-refractivity contribution < 1.29 is 5.11 Å². The summed E-state index contributed by atoms with van der Waals surface area (Å²) in [6.07, 6.45) is 2.19. The molecule has 1 unspecified atom stereocenters. The monoisotopic (exact) mass is 284 g/mol. The summed E-state index contributed by atoms with van der Waals surface area (Å²) in [6, 6.07) is 15.5. The molecule has 0 heterocycles. The second-order valence-corrected chi connectivity index (χ2v) is 5.87. The fourth-order valence-corrected chi connectivity index (χ4v) is 2.79. The zero-order chi connectivity index (χ0) is 14.7. The van der Waals surface area contributed by atoms with Gasteiger partial charge in [0.05, 0.1) is 6.10 Å². The highest BCUT2D eigenvalue weighted by atomic mass is 16.3. The molecule has 1 fully saturated rings. The van der Waals surface area contributed by atoms with Crippen molar-refractivity contribution in [2.45, 2.75) is 31.9 Å². The van der Waals surface area contributed by atoms with Gasteiger partial charge < -0.3 is 15.3 Å². The van der Waals surface area contributed by atoms with Gasteiger partial charge in [-0.3, -0.25) is 0 Å². The molecule has 1 atom stereocenters. The molecule has 0 spiro atoms. The van der Waals surface area contributed by atoms with E-state index < -0.39 is 0 Å². The second-order valence-electron chi connectivity index (χ2n) is 5.87. The Bertz CT molecular complexity index is 589. The van der Waals surface area contributed by atoms with Crippen molar-refractivity contribution in [3.63, 3.8) is 0 Å². The van der Waals surface area contributed by atoms with Crippen molar-refractivity contribution >= 4 is 16.5 Å². The van der Waals surface area contributed by atoms with E-state index in [0.717, 1.165) is 6.54 Å². The van der Waals surface area contributed by atoms with Crippen LogP contribution in [0, 0.1) is 0 Å². The Labute approximate surface area is 126 Å². The van der Waals surface area contributed by atoms with Crippen molar-refractivity contribution in [1.29, 1.82) is 0 Å². The SMILES string of the molecule is CCN(CC(O)CNC1CC1)c1cccc2ccccc12. The number of hydrogen-bond acceptors (Lipinski definition) is 3. The van der Waals surface area contributed by atoms with E-state index in [2.05, 4.69) is 59.6 Å². The van der Waals surface area contributed by atoms with Crippen LogP contribution in [0.2, 0.25) is 0 Å². The van der Waals surface area contributed by atoms with E-state index in [0.29, 0.717) is 19.1 Å². The number of nitrogens with one attached hydrogen (secondary N) is 1. The molecular weight excluding hydrogens is 260 g/mol. The van der Waals surface area contributed by atoms with E-state index in [1.807, 2.05) is 0 Å². The van der Waals surface area contributed by atoms with E-state index in [9.17, 15) is 5.11 Å². The van der Waals surface area contributed by atoms with Gasteiger partial charge in [0.15, 0.2) is 0 Å². The smallest absolute Gasteiger partial charge is 0.0839 e. The summed E-state index contributed by atoms with van der Waals surface area (Å²) < 4.78 is 0. The molecule has 2 aromatic carbocycles. The minimum Gasteiger partial charge on any atom is -0.390 e. The Kier molecular flexibility index (Phi) is 4.42. The summed E-state index contributed by atoms with van der Waals surface area (Å²) >= 11 is 0. The van der Waals surface area contributed by atoms with Gasteiger partial charge in [0.1, 0.15) is 0 Å². The minimum absolute atomic E-state index is 0.329. The lowest BCUT2D eigenvalue weighted by Gasteiger charge is -2.27. The second kappa shape index (κ2) is 6.46. The Morgan fingerprint density at radius 2 is 1.95 bits per heavy atom. The maximum Gasteiger partial charge on any atom is 0.0839 e. The van der Waals surface area contributed by atoms with Crippen LogP contribution in [0.1, 0.15) is 19.8 Å². The third kappa shape index (κ3) is 3.55. The lowest BCUT2D eigenvalue weighted by atomic mass is 10.1. The van der Waals surface area contributed by atoms with Gasteiger partial charge in [-0.2, -0.15) is 0 Å². The number of aliphatic hydroxyl groups is 1. The molecule has 1 aliphatic rings. The molecule has 1 aliphatic carbocycles. The Morgan fingerprint density at radius 1 is 1.19 bits per heavy atom. The summed E-state index contributed by atoms with van der Waals surface area (Å²) in [5.74, 6) is 0. The first-order valence-corrected chi connectivity index (χ1v) is 7.92. The summed E-state index contributed by atoms with van der Waals surface area (Å²) in [5, 5.41) is 16.2. The van der Waals surface area contributed by atoms with Crippen LogP contribution in [-0.4, -0.2) is 36.9 Å². The molecule has 3 heteroatoms. The fraction of sp³-hybridized carbons (Fsp3) is 0.444. The lowest BCUT2D eigenvalue weighted by molar-refractivity contribution is 0.176. The highest BCUT2D eigenvalue weighted by Crippen LogP contribution is 2.26. The predicted molar refractivity (Wildman–Crippen MR) is 88.9 cm³/mol. The topological polar surface area (TPSA) is 35.5 Å². The Morgan fingerprint density at radius 3 is 2.71 bits per heavy atom. The molecule has 112 valence electrons. The summed E-state index contributed by atoms with van der Waals surface area (Å²) in [5.41, 5.74) is 1.21. The number of rotatable bonds is 7. The van der Waals surface area contributed by atoms with Crippen LogP contribution in [0.15, 0.2) is 42.5 Å². The third-order valence-corrected chi connectivity index (χ3v) is 4.14. The average molecular weight is 284 g/mol. The number of aliphatic hydroxyl groups excluding tert-OH is 1. The Hall–Kier alpha value is -1.58. The van der Waals surface area contributed by atoms with Gasteiger partial charge in [-0.1, -0.05) is 36.4 Å². The molecule has 0 radical (unpaired) electrons. The number of benzene rings is 2. The first-order chi connectivity index (χ1) is 10.3. The van der Waals surface area contributed by atoms with Crippen LogP contribution < -0.4 is 10.2 Å². The first kappa shape index (κ1) is 14.4. The summed E-state index contributed by atoms with van der Waals surface area (Å²) in [4.78, 5) is 2.27. The number of nitrogens with zero attached hydrogens (tertiary/aromatic N) is 1. The number of anilines is 1. The van der Waals surface area contributed by atoms with Crippen LogP contribution in [0.5, 0.6) is 0 Å². The van der Waals surface area contributed by atoms with Gasteiger partial charge in [-0.15, -0.1) is 0 Å². The maximum absolute atomic E-state index is 10.3. The van der Waals surface area contributed by atoms with Gasteiger partial charge in [0.2, 0.25) is 0 Å². The quantitative estimate of drug-likeness (QED) is 0.820. The van der Waals surface area contributed by atoms with E-state index in [1.54, 1.807) is 0 Å². The molecule has 0 bridgehead atoms. The molecule has 0 saturated heterocycles. The molecule has 1 saturated carbocycles. The van der Waals surface area contributed by atoms with Crippen LogP contribution in [-0.2, 0) is 0 Å². The number of fused-ring (bicyclic) bond motifs is 1. The van der Waals surface area contributed by atoms with Gasteiger partial charge >= 0.3 is 0 Å². The van der Waals surface area contributed by atoms with Crippen molar-refractivity contribution in [3.8, 4) is 0 Å².